The molecular formula is C9H12F2N2. The van der Waals surface area contributed by atoms with E-state index in [4.69, 9.17) is 5.73 Å². The van der Waals surface area contributed by atoms with Crippen molar-refractivity contribution in [2.75, 3.05) is 0 Å². The molecule has 2 N–H and O–H groups in total. The Kier molecular flexibility index (Phi) is 2.93. The van der Waals surface area contributed by atoms with Crippen molar-refractivity contribution in [2.24, 2.45) is 5.73 Å². The smallest absolute Gasteiger partial charge is 0.265 e. The van der Waals surface area contributed by atoms with Crippen LogP contribution < -0.4 is 5.73 Å². The van der Waals surface area contributed by atoms with Crippen molar-refractivity contribution < 1.29 is 8.78 Å². The van der Waals surface area contributed by atoms with Gasteiger partial charge in [0.2, 0.25) is 0 Å². The first-order chi connectivity index (χ1) is 6.06. The van der Waals surface area contributed by atoms with Gasteiger partial charge in [-0.3, -0.25) is 4.98 Å². The number of hydrogen-bond acceptors (Lipinski definition) is 2. The molecule has 4 heteroatoms. The van der Waals surface area contributed by atoms with Crippen LogP contribution in [0.3, 0.4) is 0 Å². The standard InChI is InChI=1S/C9H12F2N2/c1-5-3-7(4-12)13-6(2)8(5)9(10)11/h3,9H,4,12H2,1-2H3. The van der Waals surface area contributed by atoms with Crippen molar-refractivity contribution in [3.63, 3.8) is 0 Å². The van der Waals surface area contributed by atoms with Gasteiger partial charge in [-0.05, 0) is 25.5 Å². The molecule has 0 saturated carbocycles. The highest BCUT2D eigenvalue weighted by molar-refractivity contribution is 5.32. The molecule has 0 unspecified atom stereocenters. The molecular weight excluding hydrogens is 174 g/mol. The van der Waals surface area contributed by atoms with Crippen LogP contribution in [0.5, 0.6) is 0 Å². The van der Waals surface area contributed by atoms with Crippen LogP contribution in [0.2, 0.25) is 0 Å². The molecule has 1 aromatic heterocycles. The van der Waals surface area contributed by atoms with Crippen LogP contribution in [0, 0.1) is 13.8 Å². The highest BCUT2D eigenvalue weighted by atomic mass is 19.3. The maximum Gasteiger partial charge on any atom is 0.265 e. The van der Waals surface area contributed by atoms with Crippen molar-refractivity contribution >= 4 is 0 Å². The van der Waals surface area contributed by atoms with E-state index in [1.165, 1.54) is 0 Å². The predicted octanol–water partition coefficient (Wildman–Crippen LogP) is 2.09. The third-order valence-electron chi connectivity index (χ3n) is 1.94. The fraction of sp³-hybridized carbons (Fsp3) is 0.444. The zero-order chi connectivity index (χ0) is 10.0. The molecule has 72 valence electrons. The van der Waals surface area contributed by atoms with Gasteiger partial charge in [-0.15, -0.1) is 0 Å². The molecule has 1 heterocycles. The lowest BCUT2D eigenvalue weighted by atomic mass is 10.1. The van der Waals surface area contributed by atoms with Crippen LogP contribution in [-0.2, 0) is 6.54 Å². The summed E-state index contributed by atoms with van der Waals surface area (Å²) in [5.41, 5.74) is 6.97. The second-order valence-corrected chi connectivity index (χ2v) is 2.93. The fourth-order valence-corrected chi connectivity index (χ4v) is 1.36. The minimum Gasteiger partial charge on any atom is -0.325 e. The third-order valence-corrected chi connectivity index (χ3v) is 1.94. The molecule has 0 atom stereocenters. The van der Waals surface area contributed by atoms with Gasteiger partial charge in [0, 0.05) is 17.8 Å². The van der Waals surface area contributed by atoms with Crippen LogP contribution >= 0.6 is 0 Å². The Bertz CT molecular complexity index is 287. The SMILES string of the molecule is Cc1cc(CN)nc(C)c1C(F)F. The predicted molar refractivity (Wildman–Crippen MR) is 46.6 cm³/mol. The van der Waals surface area contributed by atoms with Crippen molar-refractivity contribution in [1.82, 2.24) is 4.98 Å². The molecule has 0 aliphatic heterocycles. The van der Waals surface area contributed by atoms with E-state index in [0.717, 1.165) is 0 Å². The van der Waals surface area contributed by atoms with Crippen molar-refractivity contribution in [3.05, 3.63) is 28.6 Å². The van der Waals surface area contributed by atoms with Crippen LogP contribution in [0.25, 0.3) is 0 Å². The van der Waals surface area contributed by atoms with Gasteiger partial charge in [-0.2, -0.15) is 0 Å². The van der Waals surface area contributed by atoms with Crippen molar-refractivity contribution in [2.45, 2.75) is 26.8 Å². The number of halogens is 2. The Labute approximate surface area is 75.8 Å². The lowest BCUT2D eigenvalue weighted by molar-refractivity contribution is 0.149. The summed E-state index contributed by atoms with van der Waals surface area (Å²) in [6, 6.07) is 1.61. The van der Waals surface area contributed by atoms with Crippen LogP contribution in [0.4, 0.5) is 8.78 Å². The summed E-state index contributed by atoms with van der Waals surface area (Å²) >= 11 is 0. The first-order valence-corrected chi connectivity index (χ1v) is 4.01. The normalized spacial score (nSPS) is 10.9. The van der Waals surface area contributed by atoms with Gasteiger partial charge in [0.05, 0.1) is 5.69 Å². The quantitative estimate of drug-likeness (QED) is 0.768. The maximum absolute atomic E-state index is 12.5. The summed E-state index contributed by atoms with van der Waals surface area (Å²) in [6.07, 6.45) is -2.46. The first-order valence-electron chi connectivity index (χ1n) is 4.01. The van der Waals surface area contributed by atoms with Crippen LogP contribution in [0.15, 0.2) is 6.07 Å². The van der Waals surface area contributed by atoms with E-state index in [1.54, 1.807) is 19.9 Å². The van der Waals surface area contributed by atoms with E-state index in [1.807, 2.05) is 0 Å². The molecule has 1 rings (SSSR count). The Balaban J connectivity index is 3.23. The fourth-order valence-electron chi connectivity index (χ4n) is 1.36. The Morgan fingerprint density at radius 3 is 2.46 bits per heavy atom. The minimum atomic E-state index is -2.46. The molecule has 1 aromatic rings. The average Bonchev–Trinajstić information content (AvgIpc) is 2.02. The number of aromatic nitrogens is 1. The molecule has 0 aliphatic carbocycles. The van der Waals surface area contributed by atoms with Crippen molar-refractivity contribution in [3.8, 4) is 0 Å². The minimum absolute atomic E-state index is 0.0252. The summed E-state index contributed by atoms with van der Waals surface area (Å²) < 4.78 is 24.9. The number of alkyl halides is 2. The molecule has 0 aromatic carbocycles. The van der Waals surface area contributed by atoms with Gasteiger partial charge < -0.3 is 5.73 Å². The summed E-state index contributed by atoms with van der Waals surface area (Å²) in [5, 5.41) is 0. The van der Waals surface area contributed by atoms with Gasteiger partial charge >= 0.3 is 0 Å². The number of nitrogens with zero attached hydrogens (tertiary/aromatic N) is 1. The molecule has 0 fully saturated rings. The zero-order valence-corrected chi connectivity index (χ0v) is 7.64. The Hall–Kier alpha value is -1.03. The number of pyridine rings is 1. The maximum atomic E-state index is 12.5. The van der Waals surface area contributed by atoms with E-state index < -0.39 is 6.43 Å². The number of nitrogens with two attached hydrogens (primary N) is 1. The highest BCUT2D eigenvalue weighted by Gasteiger charge is 2.15. The summed E-state index contributed by atoms with van der Waals surface area (Å²) in [5.74, 6) is 0. The molecule has 0 amide bonds. The molecule has 2 nitrogen and oxygen atoms in total. The zero-order valence-electron chi connectivity index (χ0n) is 7.64. The molecule has 13 heavy (non-hydrogen) atoms. The molecule has 0 spiro atoms. The second-order valence-electron chi connectivity index (χ2n) is 2.93. The summed E-state index contributed by atoms with van der Waals surface area (Å²) in [4.78, 5) is 3.97. The van der Waals surface area contributed by atoms with Gasteiger partial charge in [0.1, 0.15) is 0 Å². The summed E-state index contributed by atoms with van der Waals surface area (Å²) in [7, 11) is 0. The number of rotatable bonds is 2. The molecule has 0 saturated heterocycles. The van der Waals surface area contributed by atoms with Crippen LogP contribution in [0.1, 0.15) is 28.9 Å². The molecule has 0 bridgehead atoms. The number of aryl methyl sites for hydroxylation is 2. The van der Waals surface area contributed by atoms with E-state index in [-0.39, 0.29) is 12.1 Å². The van der Waals surface area contributed by atoms with Gasteiger partial charge in [0.15, 0.2) is 0 Å². The third kappa shape index (κ3) is 2.01. The van der Waals surface area contributed by atoms with E-state index in [0.29, 0.717) is 17.0 Å². The molecule has 0 aliphatic rings. The highest BCUT2D eigenvalue weighted by Crippen LogP contribution is 2.25. The monoisotopic (exact) mass is 186 g/mol. The largest absolute Gasteiger partial charge is 0.325 e. The van der Waals surface area contributed by atoms with Crippen LogP contribution in [-0.4, -0.2) is 4.98 Å². The van der Waals surface area contributed by atoms with Crippen molar-refractivity contribution in [1.29, 1.82) is 0 Å². The number of hydrogen-bond donors (Lipinski definition) is 1. The average molecular weight is 186 g/mol. The lowest BCUT2D eigenvalue weighted by Gasteiger charge is -2.09. The second kappa shape index (κ2) is 3.79. The van der Waals surface area contributed by atoms with Gasteiger partial charge in [-0.25, -0.2) is 8.78 Å². The topological polar surface area (TPSA) is 38.9 Å². The van der Waals surface area contributed by atoms with E-state index in [2.05, 4.69) is 4.98 Å². The Morgan fingerprint density at radius 1 is 1.46 bits per heavy atom. The van der Waals surface area contributed by atoms with E-state index >= 15 is 0 Å². The molecule has 0 radical (unpaired) electrons. The van der Waals surface area contributed by atoms with E-state index in [9.17, 15) is 8.78 Å². The summed E-state index contributed by atoms with van der Waals surface area (Å²) in [6.45, 7) is 3.51. The lowest BCUT2D eigenvalue weighted by Crippen LogP contribution is -2.05. The Morgan fingerprint density at radius 2 is 2.08 bits per heavy atom. The first kappa shape index (κ1) is 10.1. The van der Waals surface area contributed by atoms with Gasteiger partial charge in [-0.1, -0.05) is 0 Å². The van der Waals surface area contributed by atoms with Gasteiger partial charge in [0.25, 0.3) is 6.43 Å².